The molecule has 2 aromatic rings. The number of hydrogen-bond acceptors (Lipinski definition) is 6. The Morgan fingerprint density at radius 2 is 2.28 bits per heavy atom. The van der Waals surface area contributed by atoms with Crippen molar-refractivity contribution >= 4 is 17.5 Å². The Labute approximate surface area is 147 Å². The smallest absolute Gasteiger partial charge is 0.229 e. The van der Waals surface area contributed by atoms with E-state index in [9.17, 15) is 4.39 Å². The molecule has 0 aliphatic carbocycles. The number of likely N-dealkylation sites (tertiary alicyclic amines) is 1. The predicted molar refractivity (Wildman–Crippen MR) is 96.9 cm³/mol. The molecule has 6 nitrogen and oxygen atoms in total. The minimum atomic E-state index is -0.675. The molecule has 2 heterocycles. The third-order valence-corrected chi connectivity index (χ3v) is 4.13. The lowest BCUT2D eigenvalue weighted by Gasteiger charge is -2.14. The Balaban J connectivity index is 1.47. The van der Waals surface area contributed by atoms with Gasteiger partial charge in [0.15, 0.2) is 0 Å². The number of nitrogens with one attached hydrogen (secondary N) is 2. The van der Waals surface area contributed by atoms with Crippen molar-refractivity contribution in [3.05, 3.63) is 42.1 Å². The van der Waals surface area contributed by atoms with E-state index >= 15 is 0 Å². The van der Waals surface area contributed by atoms with E-state index in [2.05, 4.69) is 25.5 Å². The van der Waals surface area contributed by atoms with Gasteiger partial charge in [0.25, 0.3) is 0 Å². The van der Waals surface area contributed by atoms with Gasteiger partial charge in [0.05, 0.1) is 13.2 Å². The highest BCUT2D eigenvalue weighted by molar-refractivity contribution is 5.55. The van der Waals surface area contributed by atoms with Crippen LogP contribution in [-0.2, 0) is 11.3 Å². The maximum atomic E-state index is 13.1. The van der Waals surface area contributed by atoms with Crippen LogP contribution in [0.4, 0.5) is 21.8 Å². The molecule has 1 saturated heterocycles. The lowest BCUT2D eigenvalue weighted by molar-refractivity contribution is 0.0975. The number of benzene rings is 1. The van der Waals surface area contributed by atoms with Gasteiger partial charge in [0, 0.05) is 38.6 Å². The van der Waals surface area contributed by atoms with Gasteiger partial charge in [0.1, 0.15) is 12.0 Å². The summed E-state index contributed by atoms with van der Waals surface area (Å²) < 4.78 is 18.8. The SMILES string of the molecule is CNc1ccnc(Nc2cccc(COCCN3CC[C@@H](F)C3)c2)n1. The van der Waals surface area contributed by atoms with Crippen molar-refractivity contribution < 1.29 is 9.13 Å². The van der Waals surface area contributed by atoms with E-state index in [0.717, 1.165) is 30.2 Å². The predicted octanol–water partition coefficient (Wildman–Crippen LogP) is 2.82. The van der Waals surface area contributed by atoms with Gasteiger partial charge in [0.2, 0.25) is 5.95 Å². The highest BCUT2D eigenvalue weighted by atomic mass is 19.1. The molecule has 2 N–H and O–H groups in total. The summed E-state index contributed by atoms with van der Waals surface area (Å²) in [7, 11) is 1.82. The first-order valence-corrected chi connectivity index (χ1v) is 8.54. The molecule has 0 bridgehead atoms. The zero-order valence-electron chi connectivity index (χ0n) is 14.4. The summed E-state index contributed by atoms with van der Waals surface area (Å²) in [4.78, 5) is 10.7. The van der Waals surface area contributed by atoms with E-state index in [1.807, 2.05) is 31.3 Å². The fraction of sp³-hybridized carbons (Fsp3) is 0.444. The Bertz CT molecular complexity index is 684. The summed E-state index contributed by atoms with van der Waals surface area (Å²) in [6, 6.07) is 9.77. The van der Waals surface area contributed by atoms with Crippen molar-refractivity contribution in [2.45, 2.75) is 19.2 Å². The Morgan fingerprint density at radius 3 is 3.08 bits per heavy atom. The standard InChI is InChI=1S/C18H24FN5O/c1-20-17-5-7-21-18(23-17)22-16-4-2-3-14(11-16)13-25-10-9-24-8-6-15(19)12-24/h2-5,7,11,15H,6,8-10,12-13H2,1H3,(H2,20,21,22,23)/t15-/m1/s1. The van der Waals surface area contributed by atoms with Crippen molar-refractivity contribution in [2.24, 2.45) is 0 Å². The highest BCUT2D eigenvalue weighted by Crippen LogP contribution is 2.16. The average molecular weight is 345 g/mol. The fourth-order valence-corrected chi connectivity index (χ4v) is 2.80. The minimum Gasteiger partial charge on any atom is -0.375 e. The molecular formula is C18H24FN5O. The topological polar surface area (TPSA) is 62.3 Å². The molecule has 1 aliphatic rings. The Hall–Kier alpha value is -2.25. The Kier molecular flexibility index (Phi) is 6.14. The number of anilines is 3. The molecule has 134 valence electrons. The first-order chi connectivity index (χ1) is 12.2. The van der Waals surface area contributed by atoms with E-state index in [1.54, 1.807) is 12.3 Å². The number of ether oxygens (including phenoxy) is 1. The number of rotatable bonds is 8. The average Bonchev–Trinajstić information content (AvgIpc) is 3.04. The maximum absolute atomic E-state index is 13.1. The van der Waals surface area contributed by atoms with Gasteiger partial charge in [-0.25, -0.2) is 9.37 Å². The van der Waals surface area contributed by atoms with Crippen LogP contribution in [-0.4, -0.2) is 54.3 Å². The first-order valence-electron chi connectivity index (χ1n) is 8.54. The molecule has 0 saturated carbocycles. The number of nitrogens with zero attached hydrogens (tertiary/aromatic N) is 3. The number of alkyl halides is 1. The van der Waals surface area contributed by atoms with E-state index in [4.69, 9.17) is 4.74 Å². The molecule has 7 heteroatoms. The normalized spacial score (nSPS) is 17.6. The second kappa shape index (κ2) is 8.73. The van der Waals surface area contributed by atoms with Crippen LogP contribution in [0.25, 0.3) is 0 Å². The highest BCUT2D eigenvalue weighted by Gasteiger charge is 2.20. The van der Waals surface area contributed by atoms with Crippen LogP contribution in [0.5, 0.6) is 0 Å². The van der Waals surface area contributed by atoms with Gasteiger partial charge >= 0.3 is 0 Å². The summed E-state index contributed by atoms with van der Waals surface area (Å²) in [6.45, 7) is 3.28. The lowest BCUT2D eigenvalue weighted by atomic mass is 10.2. The van der Waals surface area contributed by atoms with Crippen LogP contribution in [0.1, 0.15) is 12.0 Å². The molecule has 0 unspecified atom stereocenters. The summed E-state index contributed by atoms with van der Waals surface area (Å²) in [5, 5.41) is 6.18. The second-order valence-corrected chi connectivity index (χ2v) is 6.08. The molecule has 25 heavy (non-hydrogen) atoms. The number of hydrogen-bond donors (Lipinski definition) is 2. The third-order valence-electron chi connectivity index (χ3n) is 4.13. The van der Waals surface area contributed by atoms with Gasteiger partial charge in [-0.1, -0.05) is 12.1 Å². The summed E-state index contributed by atoms with van der Waals surface area (Å²) in [6.07, 6.45) is 1.67. The van der Waals surface area contributed by atoms with Gasteiger partial charge in [-0.15, -0.1) is 0 Å². The minimum absolute atomic E-state index is 0.528. The van der Waals surface area contributed by atoms with Gasteiger partial charge < -0.3 is 15.4 Å². The third kappa shape index (κ3) is 5.37. The number of halogens is 1. The van der Waals surface area contributed by atoms with Crippen LogP contribution in [0, 0.1) is 0 Å². The van der Waals surface area contributed by atoms with E-state index < -0.39 is 6.17 Å². The molecule has 1 aliphatic heterocycles. The molecule has 0 radical (unpaired) electrons. The molecular weight excluding hydrogens is 321 g/mol. The van der Waals surface area contributed by atoms with Crippen LogP contribution >= 0.6 is 0 Å². The fourth-order valence-electron chi connectivity index (χ4n) is 2.80. The maximum Gasteiger partial charge on any atom is 0.229 e. The molecule has 1 fully saturated rings. The Morgan fingerprint density at radius 1 is 1.36 bits per heavy atom. The molecule has 1 atom stereocenters. The van der Waals surface area contributed by atoms with Gasteiger partial charge in [-0.05, 0) is 30.2 Å². The largest absolute Gasteiger partial charge is 0.375 e. The second-order valence-electron chi connectivity index (χ2n) is 6.08. The molecule has 1 aromatic heterocycles. The molecule has 1 aromatic carbocycles. The van der Waals surface area contributed by atoms with Crippen molar-refractivity contribution in [2.75, 3.05) is 43.9 Å². The summed E-state index contributed by atoms with van der Waals surface area (Å²) in [5.74, 6) is 1.30. The van der Waals surface area contributed by atoms with Crippen molar-refractivity contribution in [3.63, 3.8) is 0 Å². The van der Waals surface area contributed by atoms with E-state index in [1.165, 1.54) is 0 Å². The molecule has 3 rings (SSSR count). The van der Waals surface area contributed by atoms with Gasteiger partial charge in [-0.3, -0.25) is 4.90 Å². The van der Waals surface area contributed by atoms with Gasteiger partial charge in [-0.2, -0.15) is 4.98 Å². The monoisotopic (exact) mass is 345 g/mol. The van der Waals surface area contributed by atoms with Crippen LogP contribution < -0.4 is 10.6 Å². The quantitative estimate of drug-likeness (QED) is 0.718. The van der Waals surface area contributed by atoms with Crippen molar-refractivity contribution in [3.8, 4) is 0 Å². The molecule has 0 spiro atoms. The van der Waals surface area contributed by atoms with Crippen LogP contribution in [0.15, 0.2) is 36.5 Å². The van der Waals surface area contributed by atoms with Crippen LogP contribution in [0.3, 0.4) is 0 Å². The van der Waals surface area contributed by atoms with Crippen molar-refractivity contribution in [1.82, 2.24) is 14.9 Å². The van der Waals surface area contributed by atoms with Crippen LogP contribution in [0.2, 0.25) is 0 Å². The summed E-state index contributed by atoms with van der Waals surface area (Å²) >= 11 is 0. The summed E-state index contributed by atoms with van der Waals surface area (Å²) in [5.41, 5.74) is 1.98. The molecule has 0 amide bonds. The zero-order chi connectivity index (χ0) is 17.5. The zero-order valence-corrected chi connectivity index (χ0v) is 14.4. The lowest BCUT2D eigenvalue weighted by Crippen LogP contribution is -2.25. The van der Waals surface area contributed by atoms with E-state index in [0.29, 0.717) is 32.1 Å². The van der Waals surface area contributed by atoms with E-state index in [-0.39, 0.29) is 0 Å². The number of aromatic nitrogens is 2. The first kappa shape index (κ1) is 17.6. The van der Waals surface area contributed by atoms with Crippen molar-refractivity contribution in [1.29, 1.82) is 0 Å².